The molecule has 0 fully saturated rings. The van der Waals surface area contributed by atoms with E-state index in [-0.39, 0.29) is 36.1 Å². The number of amides is 2. The summed E-state index contributed by atoms with van der Waals surface area (Å²) in [6.07, 6.45) is 0.529. The smallest absolute Gasteiger partial charge is 0.262 e. The standard InChI is InChI=1S/C24H28FN3O2/c1-15(2)24(30)27(5)14-23(29)28-22(18-8-10-20(25)11-9-18)13-21(26-28)19-7-6-16(3)17(4)12-19/h6-12,15,22H,13-14H2,1-5H3. The summed E-state index contributed by atoms with van der Waals surface area (Å²) in [7, 11) is 1.62. The van der Waals surface area contributed by atoms with Gasteiger partial charge in [-0.3, -0.25) is 9.59 Å². The number of halogens is 1. The molecule has 30 heavy (non-hydrogen) atoms. The Morgan fingerprint density at radius 2 is 1.80 bits per heavy atom. The fraction of sp³-hybridized carbons (Fsp3) is 0.375. The molecule has 0 spiro atoms. The molecule has 1 aliphatic heterocycles. The number of rotatable bonds is 5. The van der Waals surface area contributed by atoms with Gasteiger partial charge in [0.25, 0.3) is 5.91 Å². The number of nitrogens with zero attached hydrogens (tertiary/aromatic N) is 3. The first kappa shape index (κ1) is 21.7. The summed E-state index contributed by atoms with van der Waals surface area (Å²) in [5.74, 6) is -0.880. The van der Waals surface area contributed by atoms with Gasteiger partial charge in [0.15, 0.2) is 0 Å². The Morgan fingerprint density at radius 3 is 2.40 bits per heavy atom. The molecule has 0 saturated carbocycles. The zero-order valence-electron chi connectivity index (χ0n) is 18.1. The molecule has 6 heteroatoms. The fourth-order valence-corrected chi connectivity index (χ4v) is 3.57. The van der Waals surface area contributed by atoms with Crippen molar-refractivity contribution >= 4 is 17.5 Å². The van der Waals surface area contributed by atoms with Crippen LogP contribution in [0.2, 0.25) is 0 Å². The normalized spacial score (nSPS) is 16.0. The molecule has 0 aromatic heterocycles. The maximum atomic E-state index is 13.4. The third-order valence-corrected chi connectivity index (χ3v) is 5.50. The Bertz CT molecular complexity index is 982. The van der Waals surface area contributed by atoms with E-state index in [1.54, 1.807) is 33.0 Å². The summed E-state index contributed by atoms with van der Waals surface area (Å²) in [6.45, 7) is 7.64. The van der Waals surface area contributed by atoms with Gasteiger partial charge in [0.1, 0.15) is 12.4 Å². The number of aryl methyl sites for hydroxylation is 2. The van der Waals surface area contributed by atoms with Gasteiger partial charge in [-0.15, -0.1) is 0 Å². The Hall–Kier alpha value is -3.02. The summed E-state index contributed by atoms with van der Waals surface area (Å²) >= 11 is 0. The second kappa shape index (κ2) is 8.78. The van der Waals surface area contributed by atoms with Crippen LogP contribution in [0.1, 0.15) is 48.6 Å². The lowest BCUT2D eigenvalue weighted by Gasteiger charge is -2.25. The third kappa shape index (κ3) is 4.58. The molecule has 2 aromatic carbocycles. The van der Waals surface area contributed by atoms with E-state index in [4.69, 9.17) is 0 Å². The molecule has 2 amide bonds. The largest absolute Gasteiger partial charge is 0.336 e. The predicted octanol–water partition coefficient (Wildman–Crippen LogP) is 4.23. The van der Waals surface area contributed by atoms with E-state index in [0.717, 1.165) is 22.4 Å². The van der Waals surface area contributed by atoms with Gasteiger partial charge in [0.2, 0.25) is 5.91 Å². The van der Waals surface area contributed by atoms with Crippen LogP contribution in [0.5, 0.6) is 0 Å². The minimum atomic E-state index is -0.336. The monoisotopic (exact) mass is 409 g/mol. The number of benzene rings is 2. The molecule has 0 aliphatic carbocycles. The molecule has 1 unspecified atom stereocenters. The number of hydrazone groups is 1. The van der Waals surface area contributed by atoms with Gasteiger partial charge in [-0.25, -0.2) is 9.40 Å². The number of hydrogen-bond donors (Lipinski definition) is 0. The van der Waals surface area contributed by atoms with Gasteiger partial charge in [0.05, 0.1) is 11.8 Å². The van der Waals surface area contributed by atoms with Gasteiger partial charge >= 0.3 is 0 Å². The molecule has 2 aromatic rings. The van der Waals surface area contributed by atoms with Crippen LogP contribution in [0.4, 0.5) is 4.39 Å². The van der Waals surface area contributed by atoms with E-state index in [1.807, 2.05) is 26.0 Å². The first-order valence-electron chi connectivity index (χ1n) is 10.1. The number of hydrogen-bond acceptors (Lipinski definition) is 3. The summed E-state index contributed by atoms with van der Waals surface area (Å²) in [5.41, 5.74) is 4.92. The minimum absolute atomic E-state index is 0.0571. The number of carbonyl (C=O) groups excluding carboxylic acids is 2. The van der Waals surface area contributed by atoms with Crippen molar-refractivity contribution in [3.63, 3.8) is 0 Å². The molecule has 3 rings (SSSR count). The average molecular weight is 410 g/mol. The highest BCUT2D eigenvalue weighted by Crippen LogP contribution is 2.33. The van der Waals surface area contributed by atoms with Crippen LogP contribution >= 0.6 is 0 Å². The summed E-state index contributed by atoms with van der Waals surface area (Å²) in [4.78, 5) is 26.7. The van der Waals surface area contributed by atoms with Gasteiger partial charge in [0, 0.05) is 19.4 Å². The Labute approximate surface area is 177 Å². The van der Waals surface area contributed by atoms with Crippen molar-refractivity contribution in [3.8, 4) is 0 Å². The van der Waals surface area contributed by atoms with Gasteiger partial charge in [-0.05, 0) is 54.3 Å². The highest BCUT2D eigenvalue weighted by Gasteiger charge is 2.34. The van der Waals surface area contributed by atoms with Gasteiger partial charge in [-0.2, -0.15) is 5.10 Å². The predicted molar refractivity (Wildman–Crippen MR) is 116 cm³/mol. The molecule has 0 saturated heterocycles. The van der Waals surface area contributed by atoms with Crippen molar-refractivity contribution in [1.29, 1.82) is 0 Å². The van der Waals surface area contributed by atoms with E-state index in [2.05, 4.69) is 11.2 Å². The van der Waals surface area contributed by atoms with E-state index >= 15 is 0 Å². The molecule has 0 bridgehead atoms. The van der Waals surface area contributed by atoms with Crippen LogP contribution in [0.15, 0.2) is 47.6 Å². The molecular formula is C24H28FN3O2. The highest BCUT2D eigenvalue weighted by molar-refractivity contribution is 6.03. The molecule has 5 nitrogen and oxygen atoms in total. The van der Waals surface area contributed by atoms with Crippen molar-refractivity contribution in [3.05, 3.63) is 70.5 Å². The van der Waals surface area contributed by atoms with Crippen molar-refractivity contribution in [2.75, 3.05) is 13.6 Å². The molecule has 1 heterocycles. The summed E-state index contributed by atoms with van der Waals surface area (Å²) in [5, 5.41) is 6.08. The van der Waals surface area contributed by atoms with Crippen LogP contribution < -0.4 is 0 Å². The summed E-state index contributed by atoms with van der Waals surface area (Å²) in [6, 6.07) is 11.9. The second-order valence-electron chi connectivity index (χ2n) is 8.20. The minimum Gasteiger partial charge on any atom is -0.336 e. The summed E-state index contributed by atoms with van der Waals surface area (Å²) < 4.78 is 13.4. The topological polar surface area (TPSA) is 53.0 Å². The lowest BCUT2D eigenvalue weighted by molar-refractivity contribution is -0.142. The number of likely N-dealkylation sites (N-methyl/N-ethyl adjacent to an activating group) is 1. The fourth-order valence-electron chi connectivity index (χ4n) is 3.57. The maximum absolute atomic E-state index is 13.4. The van der Waals surface area contributed by atoms with E-state index < -0.39 is 0 Å². The number of carbonyl (C=O) groups is 2. The lowest BCUT2D eigenvalue weighted by Crippen LogP contribution is -2.40. The van der Waals surface area contributed by atoms with Crippen molar-refractivity contribution in [1.82, 2.24) is 9.91 Å². The van der Waals surface area contributed by atoms with Crippen LogP contribution in [-0.2, 0) is 9.59 Å². The van der Waals surface area contributed by atoms with Crippen LogP contribution in [0.25, 0.3) is 0 Å². The Balaban J connectivity index is 1.92. The zero-order chi connectivity index (χ0) is 22.0. The van der Waals surface area contributed by atoms with Gasteiger partial charge < -0.3 is 4.90 Å². The molecule has 158 valence electrons. The third-order valence-electron chi connectivity index (χ3n) is 5.50. The van der Waals surface area contributed by atoms with E-state index in [0.29, 0.717) is 6.42 Å². The van der Waals surface area contributed by atoms with E-state index in [1.165, 1.54) is 27.6 Å². The molecular weight excluding hydrogens is 381 g/mol. The quantitative estimate of drug-likeness (QED) is 0.742. The van der Waals surface area contributed by atoms with Crippen LogP contribution in [0, 0.1) is 25.6 Å². The Morgan fingerprint density at radius 1 is 1.13 bits per heavy atom. The molecule has 1 atom stereocenters. The van der Waals surface area contributed by atoms with Crippen LogP contribution in [0.3, 0.4) is 0 Å². The van der Waals surface area contributed by atoms with Gasteiger partial charge in [-0.1, -0.05) is 38.1 Å². The SMILES string of the molecule is Cc1ccc(C2=NN(C(=O)CN(C)C(=O)C(C)C)C(c3ccc(F)cc3)C2)cc1C. The van der Waals surface area contributed by atoms with Crippen LogP contribution in [-0.4, -0.2) is 41.0 Å². The van der Waals surface area contributed by atoms with E-state index in [9.17, 15) is 14.0 Å². The van der Waals surface area contributed by atoms with Crippen molar-refractivity contribution in [2.24, 2.45) is 11.0 Å². The first-order valence-corrected chi connectivity index (χ1v) is 10.1. The van der Waals surface area contributed by atoms with Crippen molar-refractivity contribution < 1.29 is 14.0 Å². The average Bonchev–Trinajstić information content (AvgIpc) is 3.15. The Kier molecular flexibility index (Phi) is 6.34. The highest BCUT2D eigenvalue weighted by atomic mass is 19.1. The maximum Gasteiger partial charge on any atom is 0.262 e. The lowest BCUT2D eigenvalue weighted by atomic mass is 9.96. The molecule has 1 aliphatic rings. The molecule has 0 radical (unpaired) electrons. The molecule has 0 N–H and O–H groups in total. The first-order chi connectivity index (χ1) is 14.2. The van der Waals surface area contributed by atoms with Crippen molar-refractivity contribution in [2.45, 2.75) is 40.2 Å². The zero-order valence-corrected chi connectivity index (χ0v) is 18.1. The second-order valence-corrected chi connectivity index (χ2v) is 8.20.